The van der Waals surface area contributed by atoms with Gasteiger partial charge < -0.3 is 5.73 Å². The van der Waals surface area contributed by atoms with Crippen molar-refractivity contribution in [2.24, 2.45) is 0 Å². The third-order valence-electron chi connectivity index (χ3n) is 1.89. The Hall–Kier alpha value is -0.770. The van der Waals surface area contributed by atoms with E-state index in [-0.39, 0.29) is 0 Å². The fourth-order valence-electron chi connectivity index (χ4n) is 1.32. The number of benzene rings is 2. The molecule has 1 nitrogen and oxygen atoms in total. The lowest BCUT2D eigenvalue weighted by molar-refractivity contribution is 1.69. The summed E-state index contributed by atoms with van der Waals surface area (Å²) in [4.78, 5) is 0. The molecule has 2 aromatic rings. The number of rotatable bonds is 0. The van der Waals surface area contributed by atoms with E-state index in [1.54, 1.807) is 0 Å². The molecular weight excluding hydrogens is 261 g/mol. The predicted octanol–water partition coefficient (Wildman–Crippen LogP) is 3.03. The molecule has 0 aliphatic rings. The van der Waals surface area contributed by atoms with Crippen molar-refractivity contribution in [3.63, 3.8) is 0 Å². The van der Waals surface area contributed by atoms with Crippen molar-refractivity contribution in [1.29, 1.82) is 0 Å². The number of nitrogens with two attached hydrogens (primary N) is 1. The van der Waals surface area contributed by atoms with Crippen LogP contribution in [-0.2, 0) is 0 Å². The second-order valence-electron chi connectivity index (χ2n) is 2.69. The molecular formula is C10H8IN. The van der Waals surface area contributed by atoms with Gasteiger partial charge in [0, 0.05) is 14.6 Å². The maximum Gasteiger partial charge on any atom is 0.0404 e. The summed E-state index contributed by atoms with van der Waals surface area (Å²) in [7, 11) is 0. The van der Waals surface area contributed by atoms with Gasteiger partial charge >= 0.3 is 0 Å². The highest BCUT2D eigenvalue weighted by Crippen LogP contribution is 2.25. The summed E-state index contributed by atoms with van der Waals surface area (Å²) in [5.74, 6) is 0. The average Bonchev–Trinajstić information content (AvgIpc) is 2.04. The van der Waals surface area contributed by atoms with E-state index in [9.17, 15) is 0 Å². The molecule has 2 aromatic carbocycles. The number of nitrogen functional groups attached to an aromatic ring is 1. The van der Waals surface area contributed by atoms with Gasteiger partial charge in [-0.15, -0.1) is 0 Å². The first kappa shape index (κ1) is 7.86. The van der Waals surface area contributed by atoms with Crippen molar-refractivity contribution in [3.8, 4) is 0 Å². The minimum absolute atomic E-state index is 0.859. The molecule has 0 radical (unpaired) electrons. The van der Waals surface area contributed by atoms with E-state index in [1.807, 2.05) is 18.2 Å². The lowest BCUT2D eigenvalue weighted by Gasteiger charge is -2.02. The van der Waals surface area contributed by atoms with Gasteiger partial charge in [-0.05, 0) is 40.1 Å². The molecule has 0 bridgehead atoms. The Labute approximate surface area is 84.7 Å². The molecule has 60 valence electrons. The Morgan fingerprint density at radius 1 is 1.00 bits per heavy atom. The molecule has 0 amide bonds. The second-order valence-corrected chi connectivity index (χ2v) is 3.85. The van der Waals surface area contributed by atoms with Crippen molar-refractivity contribution in [3.05, 3.63) is 40.0 Å². The minimum Gasteiger partial charge on any atom is -0.398 e. The van der Waals surface area contributed by atoms with Crippen LogP contribution in [0.25, 0.3) is 10.8 Å². The van der Waals surface area contributed by atoms with Gasteiger partial charge in [0.2, 0.25) is 0 Å². The molecule has 0 saturated heterocycles. The van der Waals surface area contributed by atoms with Crippen LogP contribution in [0.5, 0.6) is 0 Å². The van der Waals surface area contributed by atoms with Crippen LogP contribution in [0.1, 0.15) is 0 Å². The Bertz CT molecular complexity index is 386. The Morgan fingerprint density at radius 2 is 1.67 bits per heavy atom. The molecule has 0 aliphatic heterocycles. The molecule has 0 spiro atoms. The fraction of sp³-hybridized carbons (Fsp3) is 0. The molecule has 12 heavy (non-hydrogen) atoms. The van der Waals surface area contributed by atoms with E-state index in [1.165, 1.54) is 14.3 Å². The maximum atomic E-state index is 5.85. The van der Waals surface area contributed by atoms with Crippen LogP contribution < -0.4 is 5.73 Å². The molecule has 0 aromatic heterocycles. The summed E-state index contributed by atoms with van der Waals surface area (Å²) in [6, 6.07) is 12.2. The van der Waals surface area contributed by atoms with Crippen molar-refractivity contribution in [1.82, 2.24) is 0 Å². The Morgan fingerprint density at radius 3 is 2.33 bits per heavy atom. The summed E-state index contributed by atoms with van der Waals surface area (Å²) in [6.07, 6.45) is 0. The van der Waals surface area contributed by atoms with Gasteiger partial charge in [0.05, 0.1) is 0 Å². The van der Waals surface area contributed by atoms with Gasteiger partial charge in [-0.1, -0.05) is 24.3 Å². The van der Waals surface area contributed by atoms with Crippen LogP contribution >= 0.6 is 22.6 Å². The second kappa shape index (κ2) is 2.94. The van der Waals surface area contributed by atoms with E-state index in [2.05, 4.69) is 40.8 Å². The van der Waals surface area contributed by atoms with Crippen molar-refractivity contribution in [2.45, 2.75) is 0 Å². The zero-order valence-corrected chi connectivity index (χ0v) is 8.58. The van der Waals surface area contributed by atoms with Gasteiger partial charge in [0.1, 0.15) is 0 Å². The van der Waals surface area contributed by atoms with E-state index in [4.69, 9.17) is 5.73 Å². The van der Waals surface area contributed by atoms with Crippen molar-refractivity contribution in [2.75, 3.05) is 5.73 Å². The predicted molar refractivity (Wildman–Crippen MR) is 61.1 cm³/mol. The summed E-state index contributed by atoms with van der Waals surface area (Å²) >= 11 is 2.30. The molecule has 0 atom stereocenters. The number of halogens is 1. The van der Waals surface area contributed by atoms with Crippen LogP contribution in [0, 0.1) is 3.57 Å². The summed E-state index contributed by atoms with van der Waals surface area (Å²) in [5.41, 5.74) is 6.71. The van der Waals surface area contributed by atoms with Crippen LogP contribution in [0.3, 0.4) is 0 Å². The smallest absolute Gasteiger partial charge is 0.0404 e. The maximum absolute atomic E-state index is 5.85. The first-order valence-corrected chi connectivity index (χ1v) is 4.79. The quantitative estimate of drug-likeness (QED) is 0.577. The van der Waals surface area contributed by atoms with Gasteiger partial charge in [0.15, 0.2) is 0 Å². The SMILES string of the molecule is Nc1cccc2cccc(I)c12. The van der Waals surface area contributed by atoms with E-state index in [0.717, 1.165) is 5.69 Å². The largest absolute Gasteiger partial charge is 0.398 e. The minimum atomic E-state index is 0.859. The molecule has 2 N–H and O–H groups in total. The molecule has 0 saturated carbocycles. The highest BCUT2D eigenvalue weighted by Gasteiger charge is 1.99. The lowest BCUT2D eigenvalue weighted by atomic mass is 10.1. The monoisotopic (exact) mass is 269 g/mol. The van der Waals surface area contributed by atoms with Crippen LogP contribution in [0.15, 0.2) is 36.4 Å². The zero-order valence-electron chi connectivity index (χ0n) is 6.42. The van der Waals surface area contributed by atoms with Crippen LogP contribution in [0.4, 0.5) is 5.69 Å². The highest BCUT2D eigenvalue weighted by molar-refractivity contribution is 14.1. The molecule has 0 fully saturated rings. The van der Waals surface area contributed by atoms with Crippen molar-refractivity contribution < 1.29 is 0 Å². The van der Waals surface area contributed by atoms with Crippen LogP contribution in [-0.4, -0.2) is 0 Å². The van der Waals surface area contributed by atoms with E-state index >= 15 is 0 Å². The number of fused-ring (bicyclic) bond motifs is 1. The lowest BCUT2D eigenvalue weighted by Crippen LogP contribution is -1.87. The molecule has 0 aliphatic carbocycles. The molecule has 2 rings (SSSR count). The molecule has 0 unspecified atom stereocenters. The van der Waals surface area contributed by atoms with Crippen LogP contribution in [0.2, 0.25) is 0 Å². The topological polar surface area (TPSA) is 26.0 Å². The van der Waals surface area contributed by atoms with Gasteiger partial charge in [-0.25, -0.2) is 0 Å². The average molecular weight is 269 g/mol. The Kier molecular flexibility index (Phi) is 1.92. The van der Waals surface area contributed by atoms with Gasteiger partial charge in [-0.2, -0.15) is 0 Å². The standard InChI is InChI=1S/C10H8IN/c11-8-5-1-3-7-4-2-6-9(12)10(7)8/h1-6H,12H2. The highest BCUT2D eigenvalue weighted by atomic mass is 127. The third-order valence-corrected chi connectivity index (χ3v) is 2.79. The van der Waals surface area contributed by atoms with E-state index in [0.29, 0.717) is 0 Å². The first-order valence-electron chi connectivity index (χ1n) is 3.72. The number of hydrogen-bond donors (Lipinski definition) is 1. The third kappa shape index (κ3) is 1.16. The molecule has 2 heteroatoms. The van der Waals surface area contributed by atoms with E-state index < -0.39 is 0 Å². The normalized spacial score (nSPS) is 10.4. The van der Waals surface area contributed by atoms with Crippen molar-refractivity contribution >= 4 is 39.1 Å². The van der Waals surface area contributed by atoms with Gasteiger partial charge in [-0.3, -0.25) is 0 Å². The summed E-state index contributed by atoms with van der Waals surface area (Å²) in [6.45, 7) is 0. The fourth-order valence-corrected chi connectivity index (χ4v) is 2.15. The number of hydrogen-bond acceptors (Lipinski definition) is 1. The molecule has 0 heterocycles. The Balaban J connectivity index is 2.96. The summed E-state index contributed by atoms with van der Waals surface area (Å²) in [5, 5.41) is 2.38. The first-order chi connectivity index (χ1) is 5.79. The zero-order chi connectivity index (χ0) is 8.55. The summed E-state index contributed by atoms with van der Waals surface area (Å²) < 4.78 is 1.21. The number of anilines is 1. The van der Waals surface area contributed by atoms with Gasteiger partial charge in [0.25, 0.3) is 0 Å².